The highest BCUT2D eigenvalue weighted by Gasteiger charge is 2.31. The van der Waals surface area contributed by atoms with Gasteiger partial charge in [0, 0.05) is 6.54 Å². The summed E-state index contributed by atoms with van der Waals surface area (Å²) >= 11 is 0. The van der Waals surface area contributed by atoms with Crippen LogP contribution in [0.1, 0.15) is 34.1 Å². The van der Waals surface area contributed by atoms with Crippen LogP contribution in [0.5, 0.6) is 0 Å². The van der Waals surface area contributed by atoms with Gasteiger partial charge in [-0.25, -0.2) is 4.79 Å². The van der Waals surface area contributed by atoms with Crippen LogP contribution < -0.4 is 5.32 Å². The molecule has 1 atom stereocenters. The lowest BCUT2D eigenvalue weighted by Gasteiger charge is -2.23. The van der Waals surface area contributed by atoms with Crippen molar-refractivity contribution in [2.45, 2.75) is 40.2 Å². The number of amides is 1. The smallest absolute Gasteiger partial charge is 0.407 e. The molecule has 0 aliphatic carbocycles. The molecule has 5 heteroatoms. The van der Waals surface area contributed by atoms with Crippen LogP contribution in [0, 0.1) is 5.41 Å². The van der Waals surface area contributed by atoms with E-state index in [0.29, 0.717) is 6.42 Å². The van der Waals surface area contributed by atoms with Gasteiger partial charge in [-0.1, -0.05) is 6.92 Å². The number of hydrogen-bond donors (Lipinski definition) is 2. The van der Waals surface area contributed by atoms with E-state index in [9.17, 15) is 9.59 Å². The van der Waals surface area contributed by atoms with E-state index in [1.165, 1.54) is 0 Å². The van der Waals surface area contributed by atoms with Gasteiger partial charge < -0.3 is 15.2 Å². The maximum atomic E-state index is 11.1. The van der Waals surface area contributed by atoms with Gasteiger partial charge in [0.15, 0.2) is 0 Å². The van der Waals surface area contributed by atoms with Gasteiger partial charge in [-0.2, -0.15) is 0 Å². The molecule has 0 aliphatic rings. The van der Waals surface area contributed by atoms with Crippen molar-refractivity contribution in [2.24, 2.45) is 5.41 Å². The number of ether oxygens (including phenoxy) is 1. The van der Waals surface area contributed by atoms with Crippen molar-refractivity contribution >= 4 is 12.1 Å². The number of carboxylic acids is 1. The highest BCUT2D eigenvalue weighted by Crippen LogP contribution is 2.19. The Bertz CT molecular complexity index is 240. The topological polar surface area (TPSA) is 75.6 Å². The largest absolute Gasteiger partial charge is 0.481 e. The predicted molar refractivity (Wildman–Crippen MR) is 55.7 cm³/mol. The van der Waals surface area contributed by atoms with Crippen molar-refractivity contribution in [3.63, 3.8) is 0 Å². The highest BCUT2D eigenvalue weighted by molar-refractivity contribution is 5.75. The van der Waals surface area contributed by atoms with Crippen LogP contribution in [0.25, 0.3) is 0 Å². The molecule has 0 bridgehead atoms. The molecule has 88 valence electrons. The summed E-state index contributed by atoms with van der Waals surface area (Å²) in [6.07, 6.45) is -0.335. The Morgan fingerprint density at radius 1 is 1.47 bits per heavy atom. The second-order valence-corrected chi connectivity index (χ2v) is 4.03. The molecule has 0 aliphatic heterocycles. The average molecular weight is 217 g/mol. The minimum Gasteiger partial charge on any atom is -0.481 e. The number of nitrogens with one attached hydrogen (secondary N) is 1. The summed E-state index contributed by atoms with van der Waals surface area (Å²) < 4.78 is 4.83. The van der Waals surface area contributed by atoms with E-state index < -0.39 is 17.5 Å². The van der Waals surface area contributed by atoms with Crippen molar-refractivity contribution in [1.29, 1.82) is 0 Å². The molecule has 0 fully saturated rings. The third-order valence-electron chi connectivity index (χ3n) is 2.26. The van der Waals surface area contributed by atoms with Crippen LogP contribution in [0.15, 0.2) is 0 Å². The van der Waals surface area contributed by atoms with Gasteiger partial charge in [-0.15, -0.1) is 0 Å². The van der Waals surface area contributed by atoms with Crippen molar-refractivity contribution < 1.29 is 19.4 Å². The summed E-state index contributed by atoms with van der Waals surface area (Å²) in [7, 11) is 0. The highest BCUT2D eigenvalue weighted by atomic mass is 16.6. The van der Waals surface area contributed by atoms with Gasteiger partial charge in [-0.05, 0) is 27.2 Å². The maximum Gasteiger partial charge on any atom is 0.407 e. The average Bonchev–Trinajstić information content (AvgIpc) is 2.12. The molecule has 1 unspecified atom stereocenters. The van der Waals surface area contributed by atoms with Crippen LogP contribution in [-0.4, -0.2) is 29.8 Å². The zero-order chi connectivity index (χ0) is 12.1. The van der Waals surface area contributed by atoms with Gasteiger partial charge in [0.25, 0.3) is 0 Å². The molecule has 0 spiro atoms. The van der Waals surface area contributed by atoms with Crippen molar-refractivity contribution in [1.82, 2.24) is 5.32 Å². The summed E-state index contributed by atoms with van der Waals surface area (Å²) in [5, 5.41) is 11.4. The van der Waals surface area contributed by atoms with Crippen molar-refractivity contribution in [3.8, 4) is 0 Å². The number of carbonyl (C=O) groups is 2. The number of rotatable bonds is 5. The van der Waals surface area contributed by atoms with Crippen molar-refractivity contribution in [3.05, 3.63) is 0 Å². The Labute approximate surface area is 89.8 Å². The molecule has 0 radical (unpaired) electrons. The standard InChI is InChI=1S/C10H19NO4/c1-5-10(4,8(12)13)6-11-9(14)15-7(2)3/h7H,5-6H2,1-4H3,(H,11,14)(H,12,13). The number of carboxylic acid groups (broad SMARTS) is 1. The zero-order valence-corrected chi connectivity index (χ0v) is 9.66. The fourth-order valence-corrected chi connectivity index (χ4v) is 0.875. The lowest BCUT2D eigenvalue weighted by molar-refractivity contribution is -0.147. The van der Waals surface area contributed by atoms with Gasteiger partial charge >= 0.3 is 12.1 Å². The van der Waals surface area contributed by atoms with E-state index in [2.05, 4.69) is 5.32 Å². The fourth-order valence-electron chi connectivity index (χ4n) is 0.875. The summed E-state index contributed by atoms with van der Waals surface area (Å²) in [6.45, 7) is 6.89. The Hall–Kier alpha value is -1.26. The Morgan fingerprint density at radius 3 is 2.33 bits per heavy atom. The Kier molecular flexibility index (Phi) is 5.11. The number of carbonyl (C=O) groups excluding carboxylic acids is 1. The minimum absolute atomic E-state index is 0.0738. The van der Waals surface area contributed by atoms with Crippen LogP contribution in [0.2, 0.25) is 0 Å². The molecular weight excluding hydrogens is 198 g/mol. The van der Waals surface area contributed by atoms with E-state index in [1.807, 2.05) is 0 Å². The minimum atomic E-state index is -0.935. The van der Waals surface area contributed by atoms with E-state index >= 15 is 0 Å². The zero-order valence-electron chi connectivity index (χ0n) is 9.66. The normalized spacial score (nSPS) is 14.5. The first-order valence-corrected chi connectivity index (χ1v) is 4.99. The van der Waals surface area contributed by atoms with E-state index in [1.54, 1.807) is 27.7 Å². The molecule has 5 nitrogen and oxygen atoms in total. The summed E-state index contributed by atoms with van der Waals surface area (Å²) in [5.41, 5.74) is -0.935. The second kappa shape index (κ2) is 5.58. The van der Waals surface area contributed by atoms with E-state index in [-0.39, 0.29) is 12.6 Å². The molecule has 2 N–H and O–H groups in total. The molecular formula is C10H19NO4. The first-order valence-electron chi connectivity index (χ1n) is 4.99. The maximum absolute atomic E-state index is 11.1. The van der Waals surface area contributed by atoms with E-state index in [4.69, 9.17) is 9.84 Å². The summed E-state index contributed by atoms with van der Waals surface area (Å²) in [5.74, 6) is -0.921. The fraction of sp³-hybridized carbons (Fsp3) is 0.800. The molecule has 0 aromatic heterocycles. The summed E-state index contributed by atoms with van der Waals surface area (Å²) in [6, 6.07) is 0. The summed E-state index contributed by atoms with van der Waals surface area (Å²) in [4.78, 5) is 22.0. The SMILES string of the molecule is CCC(C)(CNC(=O)OC(C)C)C(=O)O. The molecule has 0 aromatic carbocycles. The molecule has 0 aromatic rings. The molecule has 0 saturated heterocycles. The van der Waals surface area contributed by atoms with Crippen LogP contribution in [0.3, 0.4) is 0 Å². The van der Waals surface area contributed by atoms with Gasteiger partial charge in [0.2, 0.25) is 0 Å². The number of hydrogen-bond acceptors (Lipinski definition) is 3. The monoisotopic (exact) mass is 217 g/mol. The molecule has 0 saturated carbocycles. The molecule has 1 amide bonds. The third kappa shape index (κ3) is 4.67. The lowest BCUT2D eigenvalue weighted by Crippen LogP contribution is -2.41. The number of alkyl carbamates (subject to hydrolysis) is 1. The first kappa shape index (κ1) is 13.7. The predicted octanol–water partition coefficient (Wildman–Crippen LogP) is 1.62. The Morgan fingerprint density at radius 2 is 2.00 bits per heavy atom. The lowest BCUT2D eigenvalue weighted by atomic mass is 9.88. The van der Waals surface area contributed by atoms with Gasteiger partial charge in [0.1, 0.15) is 0 Å². The third-order valence-corrected chi connectivity index (χ3v) is 2.26. The van der Waals surface area contributed by atoms with E-state index in [0.717, 1.165) is 0 Å². The molecule has 0 heterocycles. The number of aliphatic carboxylic acids is 1. The molecule has 15 heavy (non-hydrogen) atoms. The van der Waals surface area contributed by atoms with Crippen molar-refractivity contribution in [2.75, 3.05) is 6.54 Å². The first-order chi connectivity index (χ1) is 6.81. The molecule has 0 rings (SSSR count). The van der Waals surface area contributed by atoms with Crippen LogP contribution >= 0.6 is 0 Å². The second-order valence-electron chi connectivity index (χ2n) is 4.03. The quantitative estimate of drug-likeness (QED) is 0.733. The van der Waals surface area contributed by atoms with Crippen LogP contribution in [-0.2, 0) is 9.53 Å². The van der Waals surface area contributed by atoms with Crippen LogP contribution in [0.4, 0.5) is 4.79 Å². The Balaban J connectivity index is 4.12. The van der Waals surface area contributed by atoms with Gasteiger partial charge in [-0.3, -0.25) is 4.79 Å². The van der Waals surface area contributed by atoms with Gasteiger partial charge in [0.05, 0.1) is 11.5 Å².